The Morgan fingerprint density at radius 3 is 0.918 bits per heavy atom. The number of hydrogen-bond donors (Lipinski definition) is 0. The van der Waals surface area contributed by atoms with Crippen molar-refractivity contribution in [3.63, 3.8) is 0 Å². The summed E-state index contributed by atoms with van der Waals surface area (Å²) < 4.78 is 37.2. The first-order valence-corrected chi connectivity index (χ1v) is 17.4. The molecule has 0 radical (unpaired) electrons. The second-order valence-corrected chi connectivity index (χ2v) is 16.2. The quantitative estimate of drug-likeness (QED) is 0.144. The zero-order valence-corrected chi connectivity index (χ0v) is 31.8. The Bertz CT molecular complexity index is 1450. The Morgan fingerprint density at radius 2 is 0.714 bits per heavy atom. The molecule has 9 nitrogen and oxygen atoms in total. The summed E-state index contributed by atoms with van der Waals surface area (Å²) in [6.07, 6.45) is 0. The maximum atomic E-state index is 11.6. The molecule has 3 aromatic carbocycles. The topological polar surface area (TPSA) is 107 Å². The van der Waals surface area contributed by atoms with Crippen molar-refractivity contribution < 1.29 is 42.2 Å². The fourth-order valence-electron chi connectivity index (χ4n) is 4.65. The van der Waals surface area contributed by atoms with Crippen LogP contribution in [0, 0.1) is 0 Å². The van der Waals surface area contributed by atoms with Crippen LogP contribution in [0.1, 0.15) is 99.8 Å². The van der Waals surface area contributed by atoms with Crippen LogP contribution in [0.15, 0.2) is 54.6 Å². The van der Waals surface area contributed by atoms with Crippen molar-refractivity contribution >= 4 is 26.0 Å². The highest BCUT2D eigenvalue weighted by Gasteiger charge is 2.31. The normalized spacial score (nSPS) is 11.9. The van der Waals surface area contributed by atoms with Crippen molar-refractivity contribution in [2.75, 3.05) is 19.8 Å². The Hall–Kier alpha value is -4.10. The number of hydrogen-bond acceptors (Lipinski definition) is 9. The van der Waals surface area contributed by atoms with E-state index < -0.39 is 8.60 Å². The Kier molecular flexibility index (Phi) is 12.9. The summed E-state index contributed by atoms with van der Waals surface area (Å²) in [4.78, 5) is 34.8. The van der Waals surface area contributed by atoms with Gasteiger partial charge in [0.1, 0.15) is 54.3 Å². The average Bonchev–Trinajstić information content (AvgIpc) is 2.97. The molecule has 0 heterocycles. The van der Waals surface area contributed by atoms with E-state index in [2.05, 4.69) is 62.3 Å². The summed E-state index contributed by atoms with van der Waals surface area (Å²) in [6, 6.07) is 16.3. The van der Waals surface area contributed by atoms with E-state index in [1.54, 1.807) is 36.4 Å². The molecule has 0 N–H and O–H groups in total. The minimum Gasteiger partial charge on any atom is -0.486 e. The third-order valence-electron chi connectivity index (χ3n) is 7.12. The molecule has 3 rings (SSSR count). The monoisotopic (exact) mass is 694 g/mol. The van der Waals surface area contributed by atoms with Gasteiger partial charge < -0.3 is 27.8 Å². The highest BCUT2D eigenvalue weighted by molar-refractivity contribution is 7.43. The van der Waals surface area contributed by atoms with Crippen molar-refractivity contribution in [3.8, 4) is 34.5 Å². The lowest BCUT2D eigenvalue weighted by atomic mass is 9.86. The maximum absolute atomic E-state index is 11.6. The molecule has 0 fully saturated rings. The zero-order chi connectivity index (χ0) is 36.7. The summed E-state index contributed by atoms with van der Waals surface area (Å²) in [6.45, 7) is 22.9. The minimum absolute atomic E-state index is 0.0356. The van der Waals surface area contributed by atoms with Crippen molar-refractivity contribution in [1.82, 2.24) is 0 Å². The molecule has 0 bridgehead atoms. The van der Waals surface area contributed by atoms with Gasteiger partial charge in [0.05, 0.1) is 0 Å². The number of rotatable bonds is 15. The average molecular weight is 695 g/mol. The highest BCUT2D eigenvalue weighted by Crippen LogP contribution is 2.50. The molecule has 49 heavy (non-hydrogen) atoms. The van der Waals surface area contributed by atoms with Gasteiger partial charge in [0.2, 0.25) is 0 Å². The van der Waals surface area contributed by atoms with Crippen LogP contribution >= 0.6 is 8.60 Å². The van der Waals surface area contributed by atoms with Crippen LogP contribution in [-0.2, 0) is 30.6 Å². The van der Waals surface area contributed by atoms with E-state index in [9.17, 15) is 14.4 Å². The zero-order valence-electron chi connectivity index (χ0n) is 30.9. The van der Waals surface area contributed by atoms with Gasteiger partial charge in [0.25, 0.3) is 0 Å². The smallest absolute Gasteiger partial charge is 0.486 e. The molecule has 0 amide bonds. The molecule has 0 spiro atoms. The first kappa shape index (κ1) is 39.3. The largest absolute Gasteiger partial charge is 0.530 e. The molecule has 266 valence electrons. The molecule has 0 unspecified atom stereocenters. The van der Waals surface area contributed by atoms with Gasteiger partial charge in [0, 0.05) is 16.7 Å². The van der Waals surface area contributed by atoms with Crippen LogP contribution < -0.4 is 27.8 Å². The molecule has 10 heteroatoms. The predicted molar refractivity (Wildman–Crippen MR) is 193 cm³/mol. The molecular formula is C39H51O9P. The van der Waals surface area contributed by atoms with Crippen molar-refractivity contribution in [2.45, 2.75) is 99.3 Å². The second-order valence-electron chi connectivity index (χ2n) is 15.2. The molecule has 0 saturated carbocycles. The van der Waals surface area contributed by atoms with Gasteiger partial charge in [-0.25, -0.2) is 0 Å². The fourth-order valence-corrected chi connectivity index (χ4v) is 5.72. The summed E-state index contributed by atoms with van der Waals surface area (Å²) in [5.41, 5.74) is 1.39. The van der Waals surface area contributed by atoms with E-state index in [1.165, 1.54) is 20.8 Å². The molecule has 0 aromatic heterocycles. The Morgan fingerprint density at radius 1 is 0.469 bits per heavy atom. The van der Waals surface area contributed by atoms with Crippen LogP contribution in [0.2, 0.25) is 0 Å². The first-order valence-electron chi connectivity index (χ1n) is 16.3. The standard InChI is InChI=1S/C39H51O9P/c1-25(40)22-43-28-13-16-34(31(19-28)37(4,5)6)46-49(47-35-17-14-29(44-23-26(2)41)20-32(35)38(7,8)9)48-36-18-15-30(45-24-27(3)42)21-33(36)39(10,11)12/h13-21H,22-24H2,1-12H3. The maximum Gasteiger partial charge on any atom is 0.530 e. The summed E-state index contributed by atoms with van der Waals surface area (Å²) in [5.74, 6) is 3.00. The van der Waals surface area contributed by atoms with Gasteiger partial charge in [-0.2, -0.15) is 0 Å². The van der Waals surface area contributed by atoms with Crippen LogP contribution in [-0.4, -0.2) is 37.2 Å². The number of carbonyl (C=O) groups excluding carboxylic acids is 3. The predicted octanol–water partition coefficient (Wildman–Crippen LogP) is 9.25. The number of Topliss-reactive ketones (excluding diaryl/α,β-unsaturated/α-hetero) is 3. The van der Waals surface area contributed by atoms with Gasteiger partial charge in [-0.15, -0.1) is 0 Å². The Labute approximate surface area is 292 Å². The van der Waals surface area contributed by atoms with E-state index in [1.807, 2.05) is 18.2 Å². The molecule has 3 aromatic rings. The highest BCUT2D eigenvalue weighted by atomic mass is 31.2. The third-order valence-corrected chi connectivity index (χ3v) is 8.16. The molecule has 0 aliphatic carbocycles. The number of benzene rings is 3. The van der Waals surface area contributed by atoms with Gasteiger partial charge in [-0.3, -0.25) is 14.4 Å². The van der Waals surface area contributed by atoms with Gasteiger partial charge in [-0.05, 0) is 91.6 Å². The van der Waals surface area contributed by atoms with Crippen LogP contribution in [0.5, 0.6) is 34.5 Å². The summed E-state index contributed by atoms with van der Waals surface area (Å²) in [7, 11) is -2.15. The molecule has 0 saturated heterocycles. The lowest BCUT2D eigenvalue weighted by molar-refractivity contribution is -0.119. The van der Waals surface area contributed by atoms with Gasteiger partial charge >= 0.3 is 8.60 Å². The second kappa shape index (κ2) is 16.1. The summed E-state index contributed by atoms with van der Waals surface area (Å²) in [5, 5.41) is 0. The van der Waals surface area contributed by atoms with Crippen molar-refractivity contribution in [3.05, 3.63) is 71.3 Å². The molecule has 0 aliphatic heterocycles. The fraction of sp³-hybridized carbons (Fsp3) is 0.462. The van der Waals surface area contributed by atoms with E-state index in [0.717, 1.165) is 16.7 Å². The number of ether oxygens (including phenoxy) is 3. The number of ketones is 3. The van der Waals surface area contributed by atoms with Crippen LogP contribution in [0.3, 0.4) is 0 Å². The lowest BCUT2D eigenvalue weighted by Crippen LogP contribution is -2.17. The summed E-state index contributed by atoms with van der Waals surface area (Å²) >= 11 is 0. The van der Waals surface area contributed by atoms with Crippen LogP contribution in [0.4, 0.5) is 0 Å². The number of carbonyl (C=O) groups is 3. The van der Waals surface area contributed by atoms with E-state index in [4.69, 9.17) is 27.8 Å². The van der Waals surface area contributed by atoms with E-state index >= 15 is 0 Å². The minimum atomic E-state index is -2.15. The van der Waals surface area contributed by atoms with E-state index in [-0.39, 0.29) is 53.4 Å². The first-order chi connectivity index (χ1) is 22.6. The van der Waals surface area contributed by atoms with Crippen LogP contribution in [0.25, 0.3) is 0 Å². The SMILES string of the molecule is CC(=O)COc1ccc(OP(Oc2ccc(OCC(C)=O)cc2C(C)(C)C)Oc2ccc(OCC(C)=O)cc2C(C)(C)C)c(C(C)(C)C)c1. The lowest BCUT2D eigenvalue weighted by Gasteiger charge is -2.29. The van der Waals surface area contributed by atoms with Gasteiger partial charge in [0.15, 0.2) is 17.3 Å². The molecule has 0 atom stereocenters. The van der Waals surface area contributed by atoms with Crippen molar-refractivity contribution in [1.29, 1.82) is 0 Å². The van der Waals surface area contributed by atoms with Gasteiger partial charge in [-0.1, -0.05) is 62.3 Å². The Balaban J connectivity index is 2.14. The van der Waals surface area contributed by atoms with E-state index in [0.29, 0.717) is 34.5 Å². The molecular weight excluding hydrogens is 643 g/mol. The van der Waals surface area contributed by atoms with Crippen molar-refractivity contribution in [2.24, 2.45) is 0 Å². The third kappa shape index (κ3) is 12.1. The molecule has 0 aliphatic rings.